The summed E-state index contributed by atoms with van der Waals surface area (Å²) in [5.41, 5.74) is 8.30. The van der Waals surface area contributed by atoms with Gasteiger partial charge in [0.15, 0.2) is 0 Å². The Labute approximate surface area is 114 Å². The minimum atomic E-state index is 0.677. The molecule has 2 saturated heterocycles. The Morgan fingerprint density at radius 1 is 1.28 bits per heavy atom. The van der Waals surface area contributed by atoms with E-state index in [4.69, 9.17) is 17.3 Å². The van der Waals surface area contributed by atoms with E-state index in [1.807, 2.05) is 0 Å². The van der Waals surface area contributed by atoms with Gasteiger partial charge in [0.1, 0.15) is 0 Å². The summed E-state index contributed by atoms with van der Waals surface area (Å²) in [6.45, 7) is 2.90. The van der Waals surface area contributed by atoms with E-state index < -0.39 is 0 Å². The van der Waals surface area contributed by atoms with Crippen LogP contribution in [0.3, 0.4) is 0 Å². The summed E-state index contributed by atoms with van der Waals surface area (Å²) in [5.74, 6) is 0.722. The molecule has 2 nitrogen and oxygen atoms in total. The van der Waals surface area contributed by atoms with E-state index in [0.717, 1.165) is 23.0 Å². The molecule has 18 heavy (non-hydrogen) atoms. The first kappa shape index (κ1) is 12.3. The number of nitrogens with zero attached hydrogens (tertiary/aromatic N) is 1. The molecule has 0 aromatic heterocycles. The third-order valence-electron chi connectivity index (χ3n) is 4.62. The fourth-order valence-corrected chi connectivity index (χ4v) is 3.82. The number of hydrogen-bond acceptors (Lipinski definition) is 2. The van der Waals surface area contributed by atoms with Crippen molar-refractivity contribution in [3.8, 4) is 0 Å². The van der Waals surface area contributed by atoms with E-state index in [0.29, 0.717) is 12.1 Å². The van der Waals surface area contributed by atoms with E-state index in [2.05, 4.69) is 30.0 Å². The molecule has 2 aliphatic rings. The maximum Gasteiger partial charge on any atom is 0.0455 e. The zero-order chi connectivity index (χ0) is 12.7. The third-order valence-corrected chi connectivity index (χ3v) is 5.02. The van der Waals surface area contributed by atoms with E-state index in [1.165, 1.54) is 31.4 Å². The molecule has 98 valence electrons. The van der Waals surface area contributed by atoms with E-state index in [9.17, 15) is 0 Å². The third kappa shape index (κ3) is 2.02. The van der Waals surface area contributed by atoms with E-state index in [-0.39, 0.29) is 0 Å². The fourth-order valence-electron chi connectivity index (χ4n) is 3.65. The predicted molar refractivity (Wildman–Crippen MR) is 77.3 cm³/mol. The molecule has 0 amide bonds. The molecule has 2 heterocycles. The van der Waals surface area contributed by atoms with Crippen LogP contribution in [-0.4, -0.2) is 18.6 Å². The van der Waals surface area contributed by atoms with Crippen LogP contribution in [0.2, 0.25) is 5.02 Å². The normalized spacial score (nSPS) is 30.8. The largest absolute Gasteiger partial charge is 0.365 e. The zero-order valence-electron chi connectivity index (χ0n) is 10.9. The number of halogens is 1. The van der Waals surface area contributed by atoms with Gasteiger partial charge < -0.3 is 10.6 Å². The topological polar surface area (TPSA) is 29.3 Å². The highest BCUT2D eigenvalue weighted by atomic mass is 35.5. The van der Waals surface area contributed by atoms with Gasteiger partial charge >= 0.3 is 0 Å². The van der Waals surface area contributed by atoms with Gasteiger partial charge in [-0.1, -0.05) is 17.7 Å². The van der Waals surface area contributed by atoms with Crippen molar-refractivity contribution in [3.05, 3.63) is 28.8 Å². The molecular formula is C15H21ClN2. The first-order chi connectivity index (χ1) is 8.69. The number of fused-ring (bicyclic) bond motifs is 2. The number of benzene rings is 1. The highest BCUT2D eigenvalue weighted by molar-refractivity contribution is 6.31. The van der Waals surface area contributed by atoms with Crippen LogP contribution in [0.25, 0.3) is 0 Å². The van der Waals surface area contributed by atoms with Gasteiger partial charge in [-0.25, -0.2) is 0 Å². The number of aryl methyl sites for hydroxylation is 1. The van der Waals surface area contributed by atoms with Crippen LogP contribution in [-0.2, 0) is 0 Å². The average Bonchev–Trinajstić information content (AvgIpc) is 2.64. The Kier molecular flexibility index (Phi) is 3.25. The molecule has 1 aromatic rings. The lowest BCUT2D eigenvalue weighted by Crippen LogP contribution is -2.44. The molecule has 2 fully saturated rings. The molecule has 0 saturated carbocycles. The molecular weight excluding hydrogens is 244 g/mol. The summed E-state index contributed by atoms with van der Waals surface area (Å²) in [4.78, 5) is 2.59. The standard InChI is InChI=1S/C15H21ClN2/c1-10-2-3-14(8-15(10)16)18-12-4-5-13(18)7-11(6-12)9-17/h2-3,8,11-13H,4-7,9,17H2,1H3. The van der Waals surface area contributed by atoms with Crippen molar-refractivity contribution in [1.29, 1.82) is 0 Å². The molecule has 2 bridgehead atoms. The Bertz CT molecular complexity index is 432. The average molecular weight is 265 g/mol. The first-order valence-electron chi connectivity index (χ1n) is 6.93. The van der Waals surface area contributed by atoms with Crippen LogP contribution in [0.4, 0.5) is 5.69 Å². The van der Waals surface area contributed by atoms with Crippen LogP contribution < -0.4 is 10.6 Å². The number of anilines is 1. The van der Waals surface area contributed by atoms with Crippen LogP contribution in [0.5, 0.6) is 0 Å². The Balaban J connectivity index is 1.87. The Hall–Kier alpha value is -0.730. The van der Waals surface area contributed by atoms with Gasteiger partial charge in [-0.15, -0.1) is 0 Å². The minimum Gasteiger partial charge on any atom is -0.365 e. The quantitative estimate of drug-likeness (QED) is 0.888. The van der Waals surface area contributed by atoms with Gasteiger partial charge in [0, 0.05) is 22.8 Å². The lowest BCUT2D eigenvalue weighted by molar-refractivity contribution is 0.347. The van der Waals surface area contributed by atoms with Crippen LogP contribution >= 0.6 is 11.6 Å². The molecule has 0 spiro atoms. The highest BCUT2D eigenvalue weighted by Crippen LogP contribution is 2.42. The molecule has 0 aliphatic carbocycles. The van der Waals surface area contributed by atoms with Crippen molar-refractivity contribution in [2.24, 2.45) is 11.7 Å². The Morgan fingerprint density at radius 3 is 2.50 bits per heavy atom. The molecule has 0 radical (unpaired) electrons. The van der Waals surface area contributed by atoms with Gasteiger partial charge in [-0.2, -0.15) is 0 Å². The minimum absolute atomic E-state index is 0.677. The second-order valence-electron chi connectivity index (χ2n) is 5.80. The van der Waals surface area contributed by atoms with Gasteiger partial charge in [-0.3, -0.25) is 0 Å². The molecule has 1 aromatic carbocycles. The monoisotopic (exact) mass is 264 g/mol. The van der Waals surface area contributed by atoms with Crippen LogP contribution in [0.1, 0.15) is 31.2 Å². The van der Waals surface area contributed by atoms with Crippen molar-refractivity contribution in [1.82, 2.24) is 0 Å². The fraction of sp³-hybridized carbons (Fsp3) is 0.600. The Morgan fingerprint density at radius 2 is 1.94 bits per heavy atom. The van der Waals surface area contributed by atoms with Crippen molar-refractivity contribution in [3.63, 3.8) is 0 Å². The molecule has 3 heteroatoms. The van der Waals surface area contributed by atoms with E-state index in [1.54, 1.807) is 0 Å². The SMILES string of the molecule is Cc1ccc(N2C3CCC2CC(CN)C3)cc1Cl. The molecule has 2 N–H and O–H groups in total. The number of piperidine rings is 1. The number of nitrogens with two attached hydrogens (primary N) is 1. The summed E-state index contributed by atoms with van der Waals surface area (Å²) >= 11 is 6.26. The molecule has 3 rings (SSSR count). The van der Waals surface area contributed by atoms with Crippen molar-refractivity contribution >= 4 is 17.3 Å². The zero-order valence-corrected chi connectivity index (χ0v) is 11.7. The second-order valence-corrected chi connectivity index (χ2v) is 6.21. The summed E-state index contributed by atoms with van der Waals surface area (Å²) in [7, 11) is 0. The highest BCUT2D eigenvalue weighted by Gasteiger charge is 2.40. The van der Waals surface area contributed by atoms with Gasteiger partial charge in [0.25, 0.3) is 0 Å². The smallest absolute Gasteiger partial charge is 0.0455 e. The van der Waals surface area contributed by atoms with Gasteiger partial charge in [0.05, 0.1) is 0 Å². The second kappa shape index (κ2) is 4.75. The molecule has 2 unspecified atom stereocenters. The van der Waals surface area contributed by atoms with Crippen molar-refractivity contribution in [2.45, 2.75) is 44.7 Å². The molecule has 2 atom stereocenters. The van der Waals surface area contributed by atoms with E-state index >= 15 is 0 Å². The summed E-state index contributed by atoms with van der Waals surface area (Å²) in [6.07, 6.45) is 5.12. The first-order valence-corrected chi connectivity index (χ1v) is 7.31. The lowest BCUT2D eigenvalue weighted by atomic mass is 9.90. The maximum absolute atomic E-state index is 6.26. The van der Waals surface area contributed by atoms with Gasteiger partial charge in [-0.05, 0) is 62.8 Å². The van der Waals surface area contributed by atoms with Gasteiger partial charge in [0.2, 0.25) is 0 Å². The van der Waals surface area contributed by atoms with Crippen molar-refractivity contribution in [2.75, 3.05) is 11.4 Å². The molecule has 2 aliphatic heterocycles. The van der Waals surface area contributed by atoms with Crippen molar-refractivity contribution < 1.29 is 0 Å². The summed E-state index contributed by atoms with van der Waals surface area (Å²) in [5, 5.41) is 0.882. The lowest BCUT2D eigenvalue weighted by Gasteiger charge is -2.40. The van der Waals surface area contributed by atoms with Crippen LogP contribution in [0.15, 0.2) is 18.2 Å². The number of rotatable bonds is 2. The summed E-state index contributed by atoms with van der Waals surface area (Å²) < 4.78 is 0. The predicted octanol–water partition coefficient (Wildman–Crippen LogP) is 3.35. The maximum atomic E-state index is 6.26. The van der Waals surface area contributed by atoms with Crippen LogP contribution in [0, 0.1) is 12.8 Å². The number of hydrogen-bond donors (Lipinski definition) is 1. The summed E-state index contributed by atoms with van der Waals surface area (Å²) in [6, 6.07) is 7.83.